The monoisotopic (exact) mass is 464 g/mol. The summed E-state index contributed by atoms with van der Waals surface area (Å²) >= 11 is 0. The molecule has 1 aliphatic carbocycles. The molecule has 0 spiro atoms. The van der Waals surface area contributed by atoms with Crippen molar-refractivity contribution in [2.24, 2.45) is 0 Å². The number of aliphatic carboxylic acids is 1. The summed E-state index contributed by atoms with van der Waals surface area (Å²) in [6, 6.07) is 15.7. The molecular formula is C27H32N2O5. The molecule has 2 aromatic rings. The van der Waals surface area contributed by atoms with Gasteiger partial charge in [-0.1, -0.05) is 55.5 Å². The van der Waals surface area contributed by atoms with Crippen molar-refractivity contribution in [3.63, 3.8) is 0 Å². The summed E-state index contributed by atoms with van der Waals surface area (Å²) in [7, 11) is 0. The molecule has 1 unspecified atom stereocenters. The van der Waals surface area contributed by atoms with Gasteiger partial charge in [0.2, 0.25) is 5.91 Å². The van der Waals surface area contributed by atoms with E-state index in [2.05, 4.69) is 29.6 Å². The van der Waals surface area contributed by atoms with E-state index in [1.54, 1.807) is 4.90 Å². The Labute approximate surface area is 200 Å². The summed E-state index contributed by atoms with van der Waals surface area (Å²) in [4.78, 5) is 38.4. The van der Waals surface area contributed by atoms with Gasteiger partial charge in [0.25, 0.3) is 0 Å². The summed E-state index contributed by atoms with van der Waals surface area (Å²) in [5, 5.41) is 12.0. The Bertz CT molecular complexity index is 1010. The van der Waals surface area contributed by atoms with E-state index in [-0.39, 0.29) is 43.4 Å². The van der Waals surface area contributed by atoms with E-state index in [1.165, 1.54) is 11.1 Å². The molecule has 7 heteroatoms. The zero-order valence-corrected chi connectivity index (χ0v) is 19.5. The lowest BCUT2D eigenvalue weighted by Crippen LogP contribution is -2.47. The number of carboxylic acids is 1. The molecule has 2 amide bonds. The Morgan fingerprint density at radius 3 is 2.32 bits per heavy atom. The largest absolute Gasteiger partial charge is 0.481 e. The number of fused-ring (bicyclic) bond motifs is 3. The molecule has 2 N–H and O–H groups in total. The Hall–Kier alpha value is -3.35. The first kappa shape index (κ1) is 23.8. The molecule has 7 nitrogen and oxygen atoms in total. The number of alkyl carbamates (subject to hydrolysis) is 1. The molecule has 34 heavy (non-hydrogen) atoms. The van der Waals surface area contributed by atoms with Crippen LogP contribution in [0.5, 0.6) is 0 Å². The molecule has 1 saturated heterocycles. The molecule has 2 aliphatic rings. The quantitative estimate of drug-likeness (QED) is 0.598. The van der Waals surface area contributed by atoms with Crippen molar-refractivity contribution in [3.8, 4) is 11.1 Å². The molecule has 2 aromatic carbocycles. The third kappa shape index (κ3) is 5.24. The highest BCUT2D eigenvalue weighted by Gasteiger charge is 2.31. The van der Waals surface area contributed by atoms with Gasteiger partial charge in [-0.15, -0.1) is 0 Å². The number of amides is 2. The zero-order valence-electron chi connectivity index (χ0n) is 19.5. The Kier molecular flexibility index (Phi) is 7.50. The third-order valence-corrected chi connectivity index (χ3v) is 6.94. The van der Waals surface area contributed by atoms with Crippen LogP contribution in [0.2, 0.25) is 0 Å². The lowest BCUT2D eigenvalue weighted by molar-refractivity contribution is -0.142. The summed E-state index contributed by atoms with van der Waals surface area (Å²) < 4.78 is 5.62. The molecule has 1 aliphatic heterocycles. The maximum absolute atomic E-state index is 12.9. The van der Waals surface area contributed by atoms with Gasteiger partial charge in [-0.05, 0) is 47.9 Å². The van der Waals surface area contributed by atoms with Crippen molar-refractivity contribution in [2.45, 2.75) is 63.5 Å². The van der Waals surface area contributed by atoms with Crippen molar-refractivity contribution < 1.29 is 24.2 Å². The SMILES string of the molecule is CC[C@@H](CC(=O)N1CCCCC1CC(=O)O)NC(=O)OCC1c2ccccc2-c2ccccc21. The molecule has 0 radical (unpaired) electrons. The van der Waals surface area contributed by atoms with E-state index >= 15 is 0 Å². The third-order valence-electron chi connectivity index (χ3n) is 6.94. The number of benzene rings is 2. The van der Waals surface area contributed by atoms with E-state index in [9.17, 15) is 19.5 Å². The second-order valence-electron chi connectivity index (χ2n) is 9.11. The molecule has 1 heterocycles. The molecular weight excluding hydrogens is 432 g/mol. The van der Waals surface area contributed by atoms with E-state index in [1.807, 2.05) is 31.2 Å². The first-order valence-corrected chi connectivity index (χ1v) is 12.1. The Balaban J connectivity index is 1.34. The molecule has 0 saturated carbocycles. The predicted molar refractivity (Wildman–Crippen MR) is 129 cm³/mol. The lowest BCUT2D eigenvalue weighted by Gasteiger charge is -2.36. The van der Waals surface area contributed by atoms with Crippen molar-refractivity contribution >= 4 is 18.0 Å². The minimum Gasteiger partial charge on any atom is -0.481 e. The number of hydrogen-bond acceptors (Lipinski definition) is 4. The lowest BCUT2D eigenvalue weighted by atomic mass is 9.98. The van der Waals surface area contributed by atoms with Crippen LogP contribution in [0, 0.1) is 0 Å². The molecule has 2 atom stereocenters. The van der Waals surface area contributed by atoms with Crippen LogP contribution in [-0.4, -0.2) is 53.2 Å². The van der Waals surface area contributed by atoms with Crippen LogP contribution in [0.4, 0.5) is 4.79 Å². The molecule has 1 fully saturated rings. The number of ether oxygens (including phenoxy) is 1. The van der Waals surface area contributed by atoms with Crippen LogP contribution in [0.1, 0.15) is 62.5 Å². The summed E-state index contributed by atoms with van der Waals surface area (Å²) in [5.74, 6) is -1.03. The highest BCUT2D eigenvalue weighted by molar-refractivity contribution is 5.80. The van der Waals surface area contributed by atoms with Crippen molar-refractivity contribution in [2.75, 3.05) is 13.2 Å². The molecule has 0 aromatic heterocycles. The fourth-order valence-corrected chi connectivity index (χ4v) is 5.17. The van der Waals surface area contributed by atoms with Crippen LogP contribution in [0.3, 0.4) is 0 Å². The van der Waals surface area contributed by atoms with Gasteiger partial charge < -0.3 is 20.1 Å². The van der Waals surface area contributed by atoms with Gasteiger partial charge in [0.1, 0.15) is 6.61 Å². The summed E-state index contributed by atoms with van der Waals surface area (Å²) in [6.45, 7) is 2.70. The Morgan fingerprint density at radius 2 is 1.71 bits per heavy atom. The maximum Gasteiger partial charge on any atom is 0.407 e. The number of carbonyl (C=O) groups is 3. The number of hydrogen-bond donors (Lipinski definition) is 2. The predicted octanol–water partition coefficient (Wildman–Crippen LogP) is 4.55. The zero-order chi connectivity index (χ0) is 24.1. The number of piperidine rings is 1. The Morgan fingerprint density at radius 1 is 1.06 bits per heavy atom. The van der Waals surface area contributed by atoms with E-state index in [0.29, 0.717) is 19.4 Å². The molecule has 180 valence electrons. The number of likely N-dealkylation sites (tertiary alicyclic amines) is 1. The van der Waals surface area contributed by atoms with Crippen LogP contribution in [0.15, 0.2) is 48.5 Å². The average Bonchev–Trinajstić information content (AvgIpc) is 3.16. The van der Waals surface area contributed by atoms with Crippen LogP contribution in [-0.2, 0) is 14.3 Å². The number of carbonyl (C=O) groups excluding carboxylic acids is 2. The molecule has 0 bridgehead atoms. The van der Waals surface area contributed by atoms with Gasteiger partial charge in [0.15, 0.2) is 0 Å². The van der Waals surface area contributed by atoms with Crippen LogP contribution in [0.25, 0.3) is 11.1 Å². The van der Waals surface area contributed by atoms with Crippen molar-refractivity contribution in [1.82, 2.24) is 10.2 Å². The number of carboxylic acid groups (broad SMARTS) is 1. The minimum atomic E-state index is -0.895. The fraction of sp³-hybridized carbons (Fsp3) is 0.444. The fourth-order valence-electron chi connectivity index (χ4n) is 5.17. The highest BCUT2D eigenvalue weighted by Crippen LogP contribution is 2.44. The van der Waals surface area contributed by atoms with E-state index < -0.39 is 12.1 Å². The topological polar surface area (TPSA) is 95.9 Å². The van der Waals surface area contributed by atoms with E-state index in [0.717, 1.165) is 24.0 Å². The minimum absolute atomic E-state index is 0.0232. The van der Waals surface area contributed by atoms with Gasteiger partial charge in [-0.2, -0.15) is 0 Å². The normalized spacial score (nSPS) is 18.0. The maximum atomic E-state index is 12.9. The van der Waals surface area contributed by atoms with Gasteiger partial charge in [-0.3, -0.25) is 9.59 Å². The average molecular weight is 465 g/mol. The molecule has 4 rings (SSSR count). The van der Waals surface area contributed by atoms with E-state index in [4.69, 9.17) is 4.74 Å². The van der Waals surface area contributed by atoms with Crippen molar-refractivity contribution in [3.05, 3.63) is 59.7 Å². The summed E-state index contributed by atoms with van der Waals surface area (Å²) in [6.07, 6.45) is 2.64. The van der Waals surface area contributed by atoms with Crippen LogP contribution >= 0.6 is 0 Å². The number of rotatable bonds is 8. The van der Waals surface area contributed by atoms with Gasteiger partial charge in [0, 0.05) is 31.0 Å². The second-order valence-corrected chi connectivity index (χ2v) is 9.11. The smallest absolute Gasteiger partial charge is 0.407 e. The van der Waals surface area contributed by atoms with Gasteiger partial charge >= 0.3 is 12.1 Å². The highest BCUT2D eigenvalue weighted by atomic mass is 16.5. The van der Waals surface area contributed by atoms with Gasteiger partial charge in [0.05, 0.1) is 6.42 Å². The first-order chi connectivity index (χ1) is 16.5. The first-order valence-electron chi connectivity index (χ1n) is 12.1. The number of nitrogens with zero attached hydrogens (tertiary/aromatic N) is 1. The summed E-state index contributed by atoms with van der Waals surface area (Å²) in [5.41, 5.74) is 4.63. The number of nitrogens with one attached hydrogen (secondary N) is 1. The van der Waals surface area contributed by atoms with Gasteiger partial charge in [-0.25, -0.2) is 4.79 Å². The van der Waals surface area contributed by atoms with Crippen molar-refractivity contribution in [1.29, 1.82) is 0 Å². The standard InChI is InChI=1S/C27H32N2O5/c1-2-18(15-25(30)29-14-8-7-9-19(29)16-26(31)32)28-27(33)34-17-24-22-12-5-3-10-20(22)21-11-4-6-13-23(21)24/h3-6,10-13,18-19,24H,2,7-9,14-17H2,1H3,(H,28,33)(H,31,32)/t18-,19?/m0/s1. The second kappa shape index (κ2) is 10.7. The van der Waals surface area contributed by atoms with Crippen LogP contribution < -0.4 is 5.32 Å².